The molecule has 0 aliphatic carbocycles. The third kappa shape index (κ3) is 4.52. The molecule has 124 valence electrons. The monoisotopic (exact) mass is 357 g/mol. The van der Waals surface area contributed by atoms with Gasteiger partial charge in [-0.1, -0.05) is 24.3 Å². The van der Waals surface area contributed by atoms with Gasteiger partial charge in [0.05, 0.1) is 24.6 Å². The number of rotatable bonds is 7. The Morgan fingerprint density at radius 2 is 1.96 bits per heavy atom. The lowest BCUT2D eigenvalue weighted by Crippen LogP contribution is -2.35. The van der Waals surface area contributed by atoms with Crippen LogP contribution in [0.25, 0.3) is 0 Å². The molecule has 2 aromatic heterocycles. The minimum absolute atomic E-state index is 0.119. The van der Waals surface area contributed by atoms with Crippen molar-refractivity contribution < 1.29 is 9.21 Å². The standard InChI is InChI=1S/C19H19NO2S2/c1-15(24-17-8-3-2-4-9-17)19(21)20(13-16-7-5-11-22-16)14-18-10-6-12-23-18/h2-12,15H,13-14H2,1H3. The number of hydrogen-bond acceptors (Lipinski definition) is 4. The highest BCUT2D eigenvalue weighted by Gasteiger charge is 2.23. The van der Waals surface area contributed by atoms with Gasteiger partial charge in [0.25, 0.3) is 0 Å². The van der Waals surface area contributed by atoms with E-state index in [-0.39, 0.29) is 11.2 Å². The summed E-state index contributed by atoms with van der Waals surface area (Å²) in [6.07, 6.45) is 1.64. The Hall–Kier alpha value is -1.98. The molecule has 0 saturated carbocycles. The summed E-state index contributed by atoms with van der Waals surface area (Å²) in [4.78, 5) is 17.1. The molecule has 2 heterocycles. The SMILES string of the molecule is CC(Sc1ccccc1)C(=O)N(Cc1ccco1)Cc1cccs1. The molecule has 24 heavy (non-hydrogen) atoms. The van der Waals surface area contributed by atoms with Crippen LogP contribution in [0.5, 0.6) is 0 Å². The molecule has 0 aliphatic heterocycles. The predicted molar refractivity (Wildman–Crippen MR) is 99.0 cm³/mol. The second kappa shape index (κ2) is 8.22. The normalized spacial score (nSPS) is 12.0. The first-order valence-electron chi connectivity index (χ1n) is 7.77. The van der Waals surface area contributed by atoms with Crippen LogP contribution in [0.3, 0.4) is 0 Å². The van der Waals surface area contributed by atoms with E-state index in [2.05, 4.69) is 6.07 Å². The van der Waals surface area contributed by atoms with Crippen molar-refractivity contribution in [3.63, 3.8) is 0 Å². The molecule has 3 aromatic rings. The summed E-state index contributed by atoms with van der Waals surface area (Å²) in [5, 5.41) is 1.88. The van der Waals surface area contributed by atoms with E-state index in [0.29, 0.717) is 13.1 Å². The molecule has 1 atom stereocenters. The van der Waals surface area contributed by atoms with Gasteiger partial charge >= 0.3 is 0 Å². The van der Waals surface area contributed by atoms with E-state index >= 15 is 0 Å². The maximum atomic E-state index is 13.0. The van der Waals surface area contributed by atoms with Gasteiger partial charge in [0, 0.05) is 9.77 Å². The van der Waals surface area contributed by atoms with Crippen molar-refractivity contribution in [3.05, 3.63) is 76.9 Å². The number of carbonyl (C=O) groups is 1. The largest absolute Gasteiger partial charge is 0.467 e. The maximum absolute atomic E-state index is 13.0. The summed E-state index contributed by atoms with van der Waals surface area (Å²) in [6.45, 7) is 3.06. The lowest BCUT2D eigenvalue weighted by molar-refractivity contribution is -0.131. The summed E-state index contributed by atoms with van der Waals surface area (Å²) in [6, 6.07) is 17.9. The summed E-state index contributed by atoms with van der Waals surface area (Å²) in [5.74, 6) is 0.922. The Morgan fingerprint density at radius 3 is 2.62 bits per heavy atom. The summed E-state index contributed by atoms with van der Waals surface area (Å²) in [7, 11) is 0. The van der Waals surface area contributed by atoms with Gasteiger partial charge in [-0.15, -0.1) is 23.1 Å². The van der Waals surface area contributed by atoms with Crippen molar-refractivity contribution in [2.45, 2.75) is 30.2 Å². The van der Waals surface area contributed by atoms with Gasteiger partial charge in [-0.25, -0.2) is 0 Å². The quantitative estimate of drug-likeness (QED) is 0.555. The van der Waals surface area contributed by atoms with E-state index in [1.54, 1.807) is 29.4 Å². The molecule has 1 aromatic carbocycles. The molecule has 0 saturated heterocycles. The number of thiophene rings is 1. The zero-order valence-electron chi connectivity index (χ0n) is 13.4. The van der Waals surface area contributed by atoms with Gasteiger partial charge in [-0.05, 0) is 42.6 Å². The molecular formula is C19H19NO2S2. The first-order chi connectivity index (χ1) is 11.7. The number of hydrogen-bond donors (Lipinski definition) is 0. The number of benzene rings is 1. The summed E-state index contributed by atoms with van der Waals surface area (Å²) in [5.41, 5.74) is 0. The van der Waals surface area contributed by atoms with Crippen LogP contribution in [0.1, 0.15) is 17.6 Å². The fourth-order valence-corrected chi connectivity index (χ4v) is 4.10. The summed E-state index contributed by atoms with van der Waals surface area (Å²) >= 11 is 3.25. The smallest absolute Gasteiger partial charge is 0.236 e. The van der Waals surface area contributed by atoms with Gasteiger partial charge < -0.3 is 9.32 Å². The van der Waals surface area contributed by atoms with Gasteiger partial charge in [0.1, 0.15) is 5.76 Å². The highest BCUT2D eigenvalue weighted by atomic mass is 32.2. The van der Waals surface area contributed by atoms with Crippen LogP contribution in [0.15, 0.2) is 75.6 Å². The fraction of sp³-hybridized carbons (Fsp3) is 0.211. The molecule has 1 unspecified atom stereocenters. The van der Waals surface area contributed by atoms with Crippen molar-refractivity contribution in [3.8, 4) is 0 Å². The van der Waals surface area contributed by atoms with E-state index in [9.17, 15) is 4.79 Å². The van der Waals surface area contributed by atoms with Crippen LogP contribution >= 0.6 is 23.1 Å². The fourth-order valence-electron chi connectivity index (χ4n) is 2.40. The van der Waals surface area contributed by atoms with Gasteiger partial charge in [0.15, 0.2) is 0 Å². The van der Waals surface area contributed by atoms with E-state index in [1.165, 1.54) is 4.88 Å². The first kappa shape index (κ1) is 16.9. The molecule has 3 nitrogen and oxygen atoms in total. The van der Waals surface area contributed by atoms with Crippen molar-refractivity contribution >= 4 is 29.0 Å². The minimum Gasteiger partial charge on any atom is -0.467 e. The molecule has 0 bridgehead atoms. The molecule has 0 aliphatic rings. The van der Waals surface area contributed by atoms with E-state index in [0.717, 1.165) is 10.7 Å². The average Bonchev–Trinajstić information content (AvgIpc) is 3.28. The molecule has 0 fully saturated rings. The van der Waals surface area contributed by atoms with Gasteiger partial charge in [-0.3, -0.25) is 4.79 Å². The van der Waals surface area contributed by atoms with Crippen LogP contribution in [-0.2, 0) is 17.9 Å². The Balaban J connectivity index is 1.71. The molecule has 1 amide bonds. The number of carbonyl (C=O) groups excluding carboxylic acids is 1. The van der Waals surface area contributed by atoms with Gasteiger partial charge in [-0.2, -0.15) is 0 Å². The average molecular weight is 358 g/mol. The van der Waals surface area contributed by atoms with Crippen LogP contribution in [0.4, 0.5) is 0 Å². The summed E-state index contributed by atoms with van der Waals surface area (Å²) < 4.78 is 5.43. The molecule has 0 radical (unpaired) electrons. The third-order valence-corrected chi connectivity index (χ3v) is 5.53. The Kier molecular flexibility index (Phi) is 5.77. The topological polar surface area (TPSA) is 33.5 Å². The van der Waals surface area contributed by atoms with E-state index < -0.39 is 0 Å². The number of nitrogens with zero attached hydrogens (tertiary/aromatic N) is 1. The van der Waals surface area contributed by atoms with Crippen molar-refractivity contribution in [2.24, 2.45) is 0 Å². The highest BCUT2D eigenvalue weighted by molar-refractivity contribution is 8.00. The van der Waals surface area contributed by atoms with Crippen LogP contribution in [-0.4, -0.2) is 16.1 Å². The Morgan fingerprint density at radius 1 is 1.12 bits per heavy atom. The lowest BCUT2D eigenvalue weighted by Gasteiger charge is -2.24. The molecule has 5 heteroatoms. The zero-order valence-corrected chi connectivity index (χ0v) is 15.1. The predicted octanol–water partition coefficient (Wildman–Crippen LogP) is 5.05. The third-order valence-electron chi connectivity index (χ3n) is 3.57. The minimum atomic E-state index is -0.151. The second-order valence-corrected chi connectivity index (χ2v) is 7.87. The van der Waals surface area contributed by atoms with E-state index in [1.807, 2.05) is 65.7 Å². The molecule has 3 rings (SSSR count). The number of furan rings is 1. The first-order valence-corrected chi connectivity index (χ1v) is 9.53. The van der Waals surface area contributed by atoms with Crippen LogP contribution in [0, 0.1) is 0 Å². The van der Waals surface area contributed by atoms with Crippen molar-refractivity contribution in [2.75, 3.05) is 0 Å². The zero-order chi connectivity index (χ0) is 16.8. The molecular weight excluding hydrogens is 338 g/mol. The molecule has 0 N–H and O–H groups in total. The molecule has 0 spiro atoms. The Bertz CT molecular complexity index is 703. The van der Waals surface area contributed by atoms with Crippen LogP contribution in [0.2, 0.25) is 0 Å². The maximum Gasteiger partial charge on any atom is 0.236 e. The van der Waals surface area contributed by atoms with Crippen molar-refractivity contribution in [1.29, 1.82) is 0 Å². The highest BCUT2D eigenvalue weighted by Crippen LogP contribution is 2.26. The number of thioether (sulfide) groups is 1. The van der Waals surface area contributed by atoms with Crippen molar-refractivity contribution in [1.82, 2.24) is 4.90 Å². The Labute approximate surface area is 150 Å². The van der Waals surface area contributed by atoms with Crippen LogP contribution < -0.4 is 0 Å². The van der Waals surface area contributed by atoms with E-state index in [4.69, 9.17) is 4.42 Å². The lowest BCUT2D eigenvalue weighted by atomic mass is 10.3. The van der Waals surface area contributed by atoms with Gasteiger partial charge in [0.2, 0.25) is 5.91 Å². The second-order valence-electron chi connectivity index (χ2n) is 5.43. The number of amides is 1.